The van der Waals surface area contributed by atoms with Gasteiger partial charge >= 0.3 is 0 Å². The number of benzene rings is 2. The Kier molecular flexibility index (Phi) is 6.90. The lowest BCUT2D eigenvalue weighted by Crippen LogP contribution is -2.34. The number of rotatable bonds is 8. The number of carbonyl (C=O) groups is 1. The van der Waals surface area contributed by atoms with Crippen molar-refractivity contribution >= 4 is 23.2 Å². The molecule has 7 heteroatoms. The number of hydrogen-bond acceptors (Lipinski definition) is 3. The van der Waals surface area contributed by atoms with E-state index in [2.05, 4.69) is 4.57 Å². The van der Waals surface area contributed by atoms with E-state index in [1.165, 1.54) is 12.1 Å². The summed E-state index contributed by atoms with van der Waals surface area (Å²) in [5.74, 6) is 0.0342. The average Bonchev–Trinajstić information content (AvgIpc) is 3.13. The molecule has 0 aliphatic rings. The summed E-state index contributed by atoms with van der Waals surface area (Å²) < 4.78 is 2.08. The topological polar surface area (TPSA) is 68.4 Å². The van der Waals surface area contributed by atoms with E-state index in [-0.39, 0.29) is 17.5 Å². The molecule has 0 saturated carbocycles. The lowest BCUT2D eigenvalue weighted by molar-refractivity contribution is -0.384. The van der Waals surface area contributed by atoms with Gasteiger partial charge in [-0.1, -0.05) is 43.6 Å². The predicted octanol–water partition coefficient (Wildman–Crippen LogP) is 5.40. The van der Waals surface area contributed by atoms with E-state index in [1.807, 2.05) is 56.4 Å². The maximum absolute atomic E-state index is 13.2. The number of nitro groups is 1. The third-order valence-electron chi connectivity index (χ3n) is 4.70. The van der Waals surface area contributed by atoms with Crippen molar-refractivity contribution in [1.82, 2.24) is 9.47 Å². The Bertz CT molecular complexity index is 1050. The highest BCUT2D eigenvalue weighted by atomic mass is 35.5. The average molecular weight is 426 g/mol. The van der Waals surface area contributed by atoms with E-state index in [0.29, 0.717) is 30.2 Å². The van der Waals surface area contributed by atoms with Crippen LogP contribution in [0, 0.1) is 16.0 Å². The lowest BCUT2D eigenvalue weighted by Gasteiger charge is -2.25. The van der Waals surface area contributed by atoms with E-state index >= 15 is 0 Å². The molecule has 0 aliphatic heterocycles. The van der Waals surface area contributed by atoms with Gasteiger partial charge in [0.1, 0.15) is 0 Å². The maximum atomic E-state index is 13.2. The molecular formula is C23H24ClN3O3. The third-order valence-corrected chi connectivity index (χ3v) is 4.93. The maximum Gasteiger partial charge on any atom is 0.270 e. The first-order chi connectivity index (χ1) is 14.3. The van der Waals surface area contributed by atoms with Gasteiger partial charge in [-0.25, -0.2) is 0 Å². The first-order valence-corrected chi connectivity index (χ1v) is 10.1. The minimum Gasteiger partial charge on any atom is -0.345 e. The quantitative estimate of drug-likeness (QED) is 0.358. The summed E-state index contributed by atoms with van der Waals surface area (Å²) in [5, 5.41) is 11.8. The number of non-ortho nitro benzene ring substituents is 1. The SMILES string of the molecule is CC(C)CN(Cc1cccn1Cc1cccc(Cl)c1)C(=O)c1cccc([N+](=O)[O-])c1. The molecule has 30 heavy (non-hydrogen) atoms. The highest BCUT2D eigenvalue weighted by Crippen LogP contribution is 2.19. The van der Waals surface area contributed by atoms with E-state index in [0.717, 1.165) is 11.3 Å². The van der Waals surface area contributed by atoms with Gasteiger partial charge in [-0.05, 0) is 41.8 Å². The van der Waals surface area contributed by atoms with Crippen LogP contribution in [0.15, 0.2) is 66.9 Å². The van der Waals surface area contributed by atoms with Crippen LogP contribution in [0.1, 0.15) is 35.5 Å². The molecule has 1 aromatic heterocycles. The van der Waals surface area contributed by atoms with E-state index in [9.17, 15) is 14.9 Å². The normalized spacial score (nSPS) is 10.9. The molecule has 0 fully saturated rings. The molecule has 1 amide bonds. The first-order valence-electron chi connectivity index (χ1n) is 9.75. The number of halogens is 1. The molecule has 1 heterocycles. The molecule has 156 valence electrons. The van der Waals surface area contributed by atoms with Crippen LogP contribution in [0.4, 0.5) is 5.69 Å². The zero-order valence-electron chi connectivity index (χ0n) is 17.0. The molecule has 0 bridgehead atoms. The smallest absolute Gasteiger partial charge is 0.270 e. The molecule has 6 nitrogen and oxygen atoms in total. The minimum atomic E-state index is -0.486. The standard InChI is InChI=1S/C23H24ClN3O3/c1-17(2)14-26(23(28)19-7-4-9-21(13-19)27(29)30)16-22-10-5-11-25(22)15-18-6-3-8-20(24)12-18/h3-13,17H,14-16H2,1-2H3. The van der Waals surface area contributed by atoms with Crippen LogP contribution in [-0.2, 0) is 13.1 Å². The number of carbonyl (C=O) groups excluding carboxylic acids is 1. The second-order valence-corrected chi connectivity index (χ2v) is 8.08. The summed E-state index contributed by atoms with van der Waals surface area (Å²) in [6.45, 7) is 5.68. The molecule has 0 unspecified atom stereocenters. The number of amides is 1. The van der Waals surface area contributed by atoms with Crippen LogP contribution >= 0.6 is 11.6 Å². The van der Waals surface area contributed by atoms with Gasteiger partial charge in [0.25, 0.3) is 11.6 Å². The van der Waals surface area contributed by atoms with Gasteiger partial charge in [0.05, 0.1) is 11.5 Å². The van der Waals surface area contributed by atoms with Crippen LogP contribution in [-0.4, -0.2) is 26.8 Å². The molecule has 0 spiro atoms. The molecule has 2 aromatic carbocycles. The molecule has 3 aromatic rings. The van der Waals surface area contributed by atoms with Gasteiger partial charge < -0.3 is 9.47 Å². The molecule has 0 N–H and O–H groups in total. The summed E-state index contributed by atoms with van der Waals surface area (Å²) in [4.78, 5) is 25.5. The van der Waals surface area contributed by atoms with E-state index < -0.39 is 4.92 Å². The fraction of sp³-hybridized carbons (Fsp3) is 0.261. The third kappa shape index (κ3) is 5.48. The van der Waals surface area contributed by atoms with Crippen LogP contribution in [0.2, 0.25) is 5.02 Å². The van der Waals surface area contributed by atoms with Crippen molar-refractivity contribution in [3.05, 3.63) is 98.8 Å². The zero-order valence-corrected chi connectivity index (χ0v) is 17.7. The highest BCUT2D eigenvalue weighted by Gasteiger charge is 2.20. The van der Waals surface area contributed by atoms with Crippen LogP contribution in [0.3, 0.4) is 0 Å². The van der Waals surface area contributed by atoms with Crippen LogP contribution < -0.4 is 0 Å². The molecule has 0 atom stereocenters. The Hall–Kier alpha value is -3.12. The Morgan fingerprint density at radius 1 is 1.13 bits per heavy atom. The molecule has 3 rings (SSSR count). The van der Waals surface area contributed by atoms with Crippen molar-refractivity contribution in [3.8, 4) is 0 Å². The van der Waals surface area contributed by atoms with Gasteiger partial charge in [-0.3, -0.25) is 14.9 Å². The van der Waals surface area contributed by atoms with Crippen molar-refractivity contribution in [2.75, 3.05) is 6.54 Å². The first kappa shape index (κ1) is 21.6. The Balaban J connectivity index is 1.84. The van der Waals surface area contributed by atoms with E-state index in [1.54, 1.807) is 17.0 Å². The van der Waals surface area contributed by atoms with Gasteiger partial charge in [0, 0.05) is 47.7 Å². The lowest BCUT2D eigenvalue weighted by atomic mass is 10.1. The monoisotopic (exact) mass is 425 g/mol. The number of hydrogen-bond donors (Lipinski definition) is 0. The summed E-state index contributed by atoms with van der Waals surface area (Å²) in [5.41, 5.74) is 2.28. The van der Waals surface area contributed by atoms with E-state index in [4.69, 9.17) is 11.6 Å². The fourth-order valence-corrected chi connectivity index (χ4v) is 3.58. The van der Waals surface area contributed by atoms with Gasteiger partial charge in [-0.2, -0.15) is 0 Å². The summed E-state index contributed by atoms with van der Waals surface area (Å²) >= 11 is 6.10. The summed E-state index contributed by atoms with van der Waals surface area (Å²) in [6.07, 6.45) is 1.97. The molecule has 0 saturated heterocycles. The van der Waals surface area contributed by atoms with Gasteiger partial charge in [0.2, 0.25) is 0 Å². The van der Waals surface area contributed by atoms with Crippen molar-refractivity contribution in [3.63, 3.8) is 0 Å². The Morgan fingerprint density at radius 3 is 2.60 bits per heavy atom. The second kappa shape index (κ2) is 9.59. The van der Waals surface area contributed by atoms with Gasteiger partial charge in [-0.15, -0.1) is 0 Å². The van der Waals surface area contributed by atoms with Crippen molar-refractivity contribution in [1.29, 1.82) is 0 Å². The fourth-order valence-electron chi connectivity index (χ4n) is 3.37. The zero-order chi connectivity index (χ0) is 21.7. The number of nitrogens with zero attached hydrogens (tertiary/aromatic N) is 3. The Morgan fingerprint density at radius 2 is 1.90 bits per heavy atom. The highest BCUT2D eigenvalue weighted by molar-refractivity contribution is 6.30. The molecule has 0 radical (unpaired) electrons. The summed E-state index contributed by atoms with van der Waals surface area (Å²) in [6, 6.07) is 17.5. The van der Waals surface area contributed by atoms with Crippen LogP contribution in [0.5, 0.6) is 0 Å². The second-order valence-electron chi connectivity index (χ2n) is 7.64. The predicted molar refractivity (Wildman–Crippen MR) is 118 cm³/mol. The van der Waals surface area contributed by atoms with Gasteiger partial charge in [0.15, 0.2) is 0 Å². The van der Waals surface area contributed by atoms with Crippen molar-refractivity contribution in [2.24, 2.45) is 5.92 Å². The minimum absolute atomic E-state index is 0.0883. The van der Waals surface area contributed by atoms with Crippen molar-refractivity contribution in [2.45, 2.75) is 26.9 Å². The Labute approximate surface area is 180 Å². The van der Waals surface area contributed by atoms with Crippen molar-refractivity contribution < 1.29 is 9.72 Å². The largest absolute Gasteiger partial charge is 0.345 e. The van der Waals surface area contributed by atoms with Crippen LogP contribution in [0.25, 0.3) is 0 Å². The summed E-state index contributed by atoms with van der Waals surface area (Å²) in [7, 11) is 0. The molecule has 0 aliphatic carbocycles. The number of nitro benzene ring substituents is 1. The number of aromatic nitrogens is 1. The molecular weight excluding hydrogens is 402 g/mol.